The molecule has 3 N–H and O–H groups in total. The lowest BCUT2D eigenvalue weighted by atomic mass is 9.86. The second-order valence-electron chi connectivity index (χ2n) is 6.14. The van der Waals surface area contributed by atoms with Gasteiger partial charge < -0.3 is 11.1 Å². The van der Waals surface area contributed by atoms with Crippen molar-refractivity contribution in [3.63, 3.8) is 0 Å². The number of hydrogen-bond acceptors (Lipinski definition) is 2. The summed E-state index contributed by atoms with van der Waals surface area (Å²) in [6.07, 6.45) is 12.4. The van der Waals surface area contributed by atoms with E-state index < -0.39 is 0 Å². The van der Waals surface area contributed by atoms with Crippen molar-refractivity contribution in [1.29, 1.82) is 0 Å². The molecule has 2 fully saturated rings. The quantitative estimate of drug-likeness (QED) is 0.757. The second kappa shape index (κ2) is 8.80. The number of halogens is 1. The van der Waals surface area contributed by atoms with Gasteiger partial charge in [-0.15, -0.1) is 12.4 Å². The molecule has 0 spiro atoms. The number of nitrogens with two attached hydrogens (primary N) is 1. The molecule has 4 heteroatoms. The third-order valence-electron chi connectivity index (χ3n) is 4.53. The summed E-state index contributed by atoms with van der Waals surface area (Å²) in [7, 11) is 0. The summed E-state index contributed by atoms with van der Waals surface area (Å²) in [6.45, 7) is 0.596. The largest absolute Gasteiger partial charge is 0.352 e. The van der Waals surface area contributed by atoms with Crippen molar-refractivity contribution in [1.82, 2.24) is 5.32 Å². The topological polar surface area (TPSA) is 55.1 Å². The summed E-state index contributed by atoms with van der Waals surface area (Å²) in [6, 6.07) is 0.243. The number of rotatable bonds is 7. The van der Waals surface area contributed by atoms with Gasteiger partial charge in [0.15, 0.2) is 0 Å². The fraction of sp³-hybridized carbons (Fsp3) is 0.933. The normalized spacial score (nSPS) is 21.5. The Morgan fingerprint density at radius 3 is 2.42 bits per heavy atom. The van der Waals surface area contributed by atoms with Gasteiger partial charge in [0, 0.05) is 19.0 Å². The van der Waals surface area contributed by atoms with Crippen LogP contribution in [0.15, 0.2) is 0 Å². The maximum atomic E-state index is 11.8. The van der Waals surface area contributed by atoms with Crippen LogP contribution in [0.1, 0.15) is 64.2 Å². The van der Waals surface area contributed by atoms with Gasteiger partial charge in [-0.2, -0.15) is 0 Å². The van der Waals surface area contributed by atoms with Gasteiger partial charge in [0.1, 0.15) is 0 Å². The van der Waals surface area contributed by atoms with Crippen LogP contribution in [0.3, 0.4) is 0 Å². The molecule has 0 aromatic carbocycles. The van der Waals surface area contributed by atoms with Crippen molar-refractivity contribution in [2.45, 2.75) is 70.3 Å². The standard InChI is InChI=1S/C15H28N2O.ClH/c16-11-14(13-9-10-13)17-15(18)8-4-7-12-5-2-1-3-6-12;/h12-14H,1-11,16H2,(H,17,18);1H. The first-order valence-electron chi connectivity index (χ1n) is 7.79. The van der Waals surface area contributed by atoms with Crippen LogP contribution in [0.4, 0.5) is 0 Å². The van der Waals surface area contributed by atoms with E-state index in [-0.39, 0.29) is 24.4 Å². The summed E-state index contributed by atoms with van der Waals surface area (Å²) in [5, 5.41) is 3.10. The number of hydrogen-bond donors (Lipinski definition) is 2. The predicted octanol–water partition coefficient (Wildman–Crippen LogP) is 3.01. The highest BCUT2D eigenvalue weighted by Crippen LogP contribution is 2.32. The molecule has 0 saturated heterocycles. The SMILES string of the molecule is Cl.NCC(NC(=O)CCCC1CCCCC1)C1CC1. The van der Waals surface area contributed by atoms with Crippen LogP contribution >= 0.6 is 12.4 Å². The van der Waals surface area contributed by atoms with E-state index in [1.165, 1.54) is 51.4 Å². The Kier molecular flexibility index (Phi) is 7.77. The second-order valence-corrected chi connectivity index (χ2v) is 6.14. The van der Waals surface area contributed by atoms with E-state index in [0.717, 1.165) is 12.3 Å². The molecule has 1 unspecified atom stereocenters. The molecule has 2 rings (SSSR count). The lowest BCUT2D eigenvalue weighted by Gasteiger charge is -2.21. The maximum absolute atomic E-state index is 11.8. The number of carbonyl (C=O) groups is 1. The van der Waals surface area contributed by atoms with E-state index in [1.54, 1.807) is 0 Å². The molecule has 1 atom stereocenters. The molecule has 19 heavy (non-hydrogen) atoms. The van der Waals surface area contributed by atoms with Gasteiger partial charge in [-0.05, 0) is 37.5 Å². The highest BCUT2D eigenvalue weighted by molar-refractivity contribution is 5.85. The summed E-state index contributed by atoms with van der Waals surface area (Å²) < 4.78 is 0. The molecule has 0 aromatic heterocycles. The van der Waals surface area contributed by atoms with E-state index in [4.69, 9.17) is 5.73 Å². The van der Waals surface area contributed by atoms with E-state index in [1.807, 2.05) is 0 Å². The molecule has 2 saturated carbocycles. The molecule has 2 aliphatic carbocycles. The minimum Gasteiger partial charge on any atom is -0.352 e. The Labute approximate surface area is 123 Å². The van der Waals surface area contributed by atoms with Crippen molar-refractivity contribution in [2.75, 3.05) is 6.54 Å². The Bertz CT molecular complexity index is 263. The molecule has 0 aromatic rings. The van der Waals surface area contributed by atoms with Crippen molar-refractivity contribution in [3.05, 3.63) is 0 Å². The third kappa shape index (κ3) is 6.13. The van der Waals surface area contributed by atoms with Crippen LogP contribution in [-0.4, -0.2) is 18.5 Å². The van der Waals surface area contributed by atoms with Gasteiger partial charge in [0.25, 0.3) is 0 Å². The minimum atomic E-state index is 0. The zero-order chi connectivity index (χ0) is 12.8. The zero-order valence-corrected chi connectivity index (χ0v) is 12.7. The van der Waals surface area contributed by atoms with Crippen LogP contribution in [0.5, 0.6) is 0 Å². The van der Waals surface area contributed by atoms with Crippen molar-refractivity contribution < 1.29 is 4.79 Å². The summed E-state index contributed by atoms with van der Waals surface area (Å²) in [4.78, 5) is 11.8. The lowest BCUT2D eigenvalue weighted by molar-refractivity contribution is -0.122. The summed E-state index contributed by atoms with van der Waals surface area (Å²) >= 11 is 0. The summed E-state index contributed by atoms with van der Waals surface area (Å²) in [5.41, 5.74) is 5.69. The highest BCUT2D eigenvalue weighted by Gasteiger charge is 2.31. The average Bonchev–Trinajstić information content (AvgIpc) is 3.21. The fourth-order valence-electron chi connectivity index (χ4n) is 3.17. The molecule has 0 aliphatic heterocycles. The Morgan fingerprint density at radius 1 is 1.16 bits per heavy atom. The van der Waals surface area contributed by atoms with Gasteiger partial charge in [-0.3, -0.25) is 4.79 Å². The molecule has 2 aliphatic rings. The molecule has 0 bridgehead atoms. The predicted molar refractivity (Wildman–Crippen MR) is 81.4 cm³/mol. The van der Waals surface area contributed by atoms with Gasteiger partial charge in [0.05, 0.1) is 0 Å². The first-order chi connectivity index (χ1) is 8.79. The highest BCUT2D eigenvalue weighted by atomic mass is 35.5. The Morgan fingerprint density at radius 2 is 1.84 bits per heavy atom. The Balaban J connectivity index is 0.00000180. The number of amides is 1. The maximum Gasteiger partial charge on any atom is 0.220 e. The van der Waals surface area contributed by atoms with E-state index in [0.29, 0.717) is 18.9 Å². The molecular formula is C15H29ClN2O. The number of nitrogens with one attached hydrogen (secondary N) is 1. The van der Waals surface area contributed by atoms with Crippen molar-refractivity contribution >= 4 is 18.3 Å². The van der Waals surface area contributed by atoms with Crippen LogP contribution < -0.4 is 11.1 Å². The summed E-state index contributed by atoms with van der Waals surface area (Å²) in [5.74, 6) is 1.77. The Hall–Kier alpha value is -0.280. The van der Waals surface area contributed by atoms with Gasteiger partial charge in [0.2, 0.25) is 5.91 Å². The van der Waals surface area contributed by atoms with Crippen molar-refractivity contribution in [3.8, 4) is 0 Å². The minimum absolute atomic E-state index is 0. The fourth-order valence-corrected chi connectivity index (χ4v) is 3.17. The lowest BCUT2D eigenvalue weighted by Crippen LogP contribution is -2.41. The number of carbonyl (C=O) groups excluding carboxylic acids is 1. The van der Waals surface area contributed by atoms with Crippen LogP contribution in [0.2, 0.25) is 0 Å². The van der Waals surface area contributed by atoms with Gasteiger partial charge in [-0.25, -0.2) is 0 Å². The first kappa shape index (κ1) is 16.8. The van der Waals surface area contributed by atoms with E-state index >= 15 is 0 Å². The zero-order valence-electron chi connectivity index (χ0n) is 11.9. The van der Waals surface area contributed by atoms with Crippen molar-refractivity contribution in [2.24, 2.45) is 17.6 Å². The molecule has 0 radical (unpaired) electrons. The first-order valence-corrected chi connectivity index (χ1v) is 7.79. The average molecular weight is 289 g/mol. The van der Waals surface area contributed by atoms with Crippen LogP contribution in [0.25, 0.3) is 0 Å². The molecule has 1 amide bonds. The third-order valence-corrected chi connectivity index (χ3v) is 4.53. The molecule has 112 valence electrons. The van der Waals surface area contributed by atoms with E-state index in [2.05, 4.69) is 5.32 Å². The molecule has 0 heterocycles. The monoisotopic (exact) mass is 288 g/mol. The van der Waals surface area contributed by atoms with Crippen LogP contribution in [-0.2, 0) is 4.79 Å². The van der Waals surface area contributed by atoms with Gasteiger partial charge >= 0.3 is 0 Å². The van der Waals surface area contributed by atoms with E-state index in [9.17, 15) is 4.79 Å². The van der Waals surface area contributed by atoms with Gasteiger partial charge in [-0.1, -0.05) is 32.1 Å². The smallest absolute Gasteiger partial charge is 0.220 e. The molecule has 3 nitrogen and oxygen atoms in total. The van der Waals surface area contributed by atoms with Crippen LogP contribution in [0, 0.1) is 11.8 Å². The molecular weight excluding hydrogens is 260 g/mol.